The molecule has 0 amide bonds. The first-order valence-corrected chi connectivity index (χ1v) is 3.51. The molecule has 0 unspecified atom stereocenters. The number of hydrogen-bond acceptors (Lipinski definition) is 8. The van der Waals surface area contributed by atoms with Gasteiger partial charge in [-0.25, -0.2) is 24.0 Å². The van der Waals surface area contributed by atoms with Crippen molar-refractivity contribution in [2.45, 2.75) is 0 Å². The van der Waals surface area contributed by atoms with E-state index in [1.807, 2.05) is 0 Å². The quantitative estimate of drug-likeness (QED) is 0.343. The van der Waals surface area contributed by atoms with Crippen LogP contribution in [0.1, 0.15) is 0 Å². The van der Waals surface area contributed by atoms with E-state index in [1.54, 1.807) is 0 Å². The maximum atomic E-state index is 10.5. The standard InChI is InChI=1S/C5H3BO11.2Li.2H/c7-1(8)3(11)15-6(17-5(13)14)16-4(12)2(9)10;;;;/h(H,7,8)(H,9,10)(H,13,14);;;;. The van der Waals surface area contributed by atoms with E-state index in [0.29, 0.717) is 0 Å². The molecule has 0 aromatic rings. The summed E-state index contributed by atoms with van der Waals surface area (Å²) in [6, 6.07) is 0. The Morgan fingerprint density at radius 3 is 1.21 bits per heavy atom. The fourth-order valence-corrected chi connectivity index (χ4v) is 0.430. The van der Waals surface area contributed by atoms with E-state index in [2.05, 4.69) is 14.0 Å². The van der Waals surface area contributed by atoms with Gasteiger partial charge in [-0.05, 0) is 0 Å². The molecule has 0 heterocycles. The van der Waals surface area contributed by atoms with Crippen molar-refractivity contribution in [2.24, 2.45) is 0 Å². The average molecular weight is 266 g/mol. The molecular weight excluding hydrogens is 261 g/mol. The maximum absolute atomic E-state index is 10.5. The second-order valence-corrected chi connectivity index (χ2v) is 2.09. The van der Waals surface area contributed by atoms with E-state index in [9.17, 15) is 24.0 Å². The van der Waals surface area contributed by atoms with Crippen LogP contribution in [0.4, 0.5) is 4.79 Å². The molecule has 0 aliphatic heterocycles. The van der Waals surface area contributed by atoms with Crippen molar-refractivity contribution >= 4 is 75.1 Å². The number of aliphatic carboxylic acids is 2. The first-order chi connectivity index (χ1) is 7.73. The molecular formula is C5H5BLi2O11. The summed E-state index contributed by atoms with van der Waals surface area (Å²) in [6.45, 7) is 0. The van der Waals surface area contributed by atoms with Crippen molar-refractivity contribution in [1.29, 1.82) is 0 Å². The van der Waals surface area contributed by atoms with Gasteiger partial charge in [-0.1, -0.05) is 0 Å². The van der Waals surface area contributed by atoms with Gasteiger partial charge in [-0.15, -0.1) is 0 Å². The zero-order valence-corrected chi connectivity index (χ0v) is 7.68. The van der Waals surface area contributed by atoms with Gasteiger partial charge < -0.3 is 29.3 Å². The van der Waals surface area contributed by atoms with E-state index in [-0.39, 0.29) is 37.7 Å². The van der Waals surface area contributed by atoms with Gasteiger partial charge >= 0.3 is 75.1 Å². The van der Waals surface area contributed by atoms with Crippen molar-refractivity contribution in [2.75, 3.05) is 0 Å². The molecule has 0 aliphatic carbocycles. The Morgan fingerprint density at radius 2 is 1.00 bits per heavy atom. The van der Waals surface area contributed by atoms with E-state index in [1.165, 1.54) is 0 Å². The van der Waals surface area contributed by atoms with Gasteiger partial charge in [0.25, 0.3) is 0 Å². The Morgan fingerprint density at radius 1 is 0.684 bits per heavy atom. The molecule has 11 nitrogen and oxygen atoms in total. The van der Waals surface area contributed by atoms with Crippen LogP contribution in [-0.2, 0) is 33.1 Å². The first-order valence-electron chi connectivity index (χ1n) is 3.51. The average Bonchev–Trinajstić information content (AvgIpc) is 2.15. The molecule has 0 fully saturated rings. The minimum atomic E-state index is -2.63. The normalized spacial score (nSPS) is 7.79. The fraction of sp³-hybridized carbons (Fsp3) is 0. The number of rotatable bonds is 3. The van der Waals surface area contributed by atoms with Crippen molar-refractivity contribution < 1.29 is 53.3 Å². The minimum absolute atomic E-state index is 0. The summed E-state index contributed by atoms with van der Waals surface area (Å²) in [7, 11) is -2.63. The number of carboxylic acid groups (broad SMARTS) is 3. The van der Waals surface area contributed by atoms with Crippen LogP contribution >= 0.6 is 0 Å². The third-order valence-corrected chi connectivity index (χ3v) is 0.953. The molecule has 0 saturated carbocycles. The molecule has 0 rings (SSSR count). The topological polar surface area (TPSA) is 174 Å². The van der Waals surface area contributed by atoms with Crippen molar-refractivity contribution in [1.82, 2.24) is 0 Å². The third-order valence-electron chi connectivity index (χ3n) is 0.953. The van der Waals surface area contributed by atoms with E-state index < -0.39 is 37.4 Å². The van der Waals surface area contributed by atoms with Crippen LogP contribution < -0.4 is 0 Å². The number of carbonyl (C=O) groups excluding carboxylic acids is 2. The van der Waals surface area contributed by atoms with Gasteiger partial charge in [0.05, 0.1) is 0 Å². The second-order valence-electron chi connectivity index (χ2n) is 2.09. The van der Waals surface area contributed by atoms with Crippen LogP contribution in [0.5, 0.6) is 0 Å². The molecule has 0 atom stereocenters. The molecule has 0 aromatic carbocycles. The molecule has 0 spiro atoms. The van der Waals surface area contributed by atoms with Crippen molar-refractivity contribution in [3.63, 3.8) is 0 Å². The number of carbonyl (C=O) groups is 5. The van der Waals surface area contributed by atoms with E-state index in [4.69, 9.17) is 15.3 Å². The number of carboxylic acids is 2. The van der Waals surface area contributed by atoms with Gasteiger partial charge in [0, 0.05) is 0 Å². The van der Waals surface area contributed by atoms with Gasteiger partial charge in [0.1, 0.15) is 0 Å². The second kappa shape index (κ2) is 10.3. The molecule has 0 radical (unpaired) electrons. The molecule has 0 saturated heterocycles. The van der Waals surface area contributed by atoms with Gasteiger partial charge in [0.2, 0.25) is 0 Å². The monoisotopic (exact) mass is 266 g/mol. The summed E-state index contributed by atoms with van der Waals surface area (Å²) in [5, 5.41) is 24.2. The first kappa shape index (κ1) is 22.6. The predicted octanol–water partition coefficient (Wildman–Crippen LogP) is -3.38. The van der Waals surface area contributed by atoms with Crippen LogP contribution in [0.3, 0.4) is 0 Å². The Hall–Kier alpha value is -1.59. The van der Waals surface area contributed by atoms with Crippen LogP contribution in [0.15, 0.2) is 0 Å². The van der Waals surface area contributed by atoms with Gasteiger partial charge in [0.15, 0.2) is 0 Å². The third kappa shape index (κ3) is 10.1. The Balaban J connectivity index is -0.00000128. The molecule has 3 N–H and O–H groups in total. The molecule has 96 valence electrons. The fourth-order valence-electron chi connectivity index (χ4n) is 0.430. The van der Waals surface area contributed by atoms with Crippen LogP contribution in [0.2, 0.25) is 0 Å². The summed E-state index contributed by atoms with van der Waals surface area (Å²) in [5.41, 5.74) is 0. The van der Waals surface area contributed by atoms with Crippen LogP contribution in [0.25, 0.3) is 0 Å². The van der Waals surface area contributed by atoms with Gasteiger partial charge in [-0.3, -0.25) is 0 Å². The van der Waals surface area contributed by atoms with Crippen molar-refractivity contribution in [3.05, 3.63) is 0 Å². The molecule has 14 heteroatoms. The van der Waals surface area contributed by atoms with Crippen LogP contribution in [-0.4, -0.2) is 90.4 Å². The molecule has 0 aromatic heterocycles. The predicted molar refractivity (Wildman–Crippen MR) is 56.6 cm³/mol. The van der Waals surface area contributed by atoms with Crippen LogP contribution in [0, 0.1) is 0 Å². The SMILES string of the molecule is O=C(O)OB(OC(=O)C(=O)O)OC(=O)C(=O)O.[LiH].[LiH]. The van der Waals surface area contributed by atoms with Gasteiger partial charge in [-0.2, -0.15) is 0 Å². The molecule has 0 aliphatic rings. The van der Waals surface area contributed by atoms with E-state index >= 15 is 0 Å². The van der Waals surface area contributed by atoms with Crippen molar-refractivity contribution in [3.8, 4) is 0 Å². The Kier molecular flexibility index (Phi) is 12.3. The summed E-state index contributed by atoms with van der Waals surface area (Å²) in [4.78, 5) is 50.9. The Bertz CT molecular complexity index is 353. The summed E-state index contributed by atoms with van der Waals surface area (Å²) in [6.07, 6.45) is -2.09. The Labute approximate surface area is 128 Å². The zero-order chi connectivity index (χ0) is 13.6. The summed E-state index contributed by atoms with van der Waals surface area (Å²) < 4.78 is 11.0. The summed E-state index contributed by atoms with van der Waals surface area (Å²) in [5.74, 6) is -8.27. The summed E-state index contributed by atoms with van der Waals surface area (Å²) >= 11 is 0. The number of hydrogen-bond donors (Lipinski definition) is 3. The molecule has 0 bridgehead atoms. The molecule has 19 heavy (non-hydrogen) atoms. The van der Waals surface area contributed by atoms with E-state index in [0.717, 1.165) is 0 Å². The zero-order valence-electron chi connectivity index (χ0n) is 7.68.